The summed E-state index contributed by atoms with van der Waals surface area (Å²) in [5.41, 5.74) is 7.38. The second-order valence-electron chi connectivity index (χ2n) is 12.7. The Labute approximate surface area is 221 Å². The van der Waals surface area contributed by atoms with Crippen LogP contribution < -0.4 is 5.32 Å². The number of amides is 1. The summed E-state index contributed by atoms with van der Waals surface area (Å²) in [6.45, 7) is 11.7. The number of nitrogens with one attached hydrogen (secondary N) is 3. The largest absolute Gasteiger partial charge is 0.444 e. The van der Waals surface area contributed by atoms with Crippen molar-refractivity contribution in [3.8, 4) is 0 Å². The molecule has 1 amide bonds. The fourth-order valence-electron chi connectivity index (χ4n) is 6.57. The molecule has 2 saturated carbocycles. The summed E-state index contributed by atoms with van der Waals surface area (Å²) >= 11 is 0. The summed E-state index contributed by atoms with van der Waals surface area (Å²) in [6.07, 6.45) is 12.2. The van der Waals surface area contributed by atoms with Crippen molar-refractivity contribution in [2.24, 2.45) is 0 Å². The maximum atomic E-state index is 12.5. The van der Waals surface area contributed by atoms with Crippen LogP contribution >= 0.6 is 0 Å². The molecule has 2 fully saturated rings. The molecule has 8 nitrogen and oxygen atoms in total. The molecule has 2 aliphatic heterocycles. The number of carbonyl (C=O) groups excluding carboxylic acids is 1. The van der Waals surface area contributed by atoms with Crippen LogP contribution in [0.1, 0.15) is 132 Å². The number of hydrogen-bond donors (Lipinski definition) is 3. The van der Waals surface area contributed by atoms with E-state index in [4.69, 9.17) is 4.74 Å². The Bertz CT molecular complexity index is 1070. The highest BCUT2D eigenvalue weighted by Crippen LogP contribution is 2.38. The van der Waals surface area contributed by atoms with Crippen LogP contribution in [-0.2, 0) is 30.7 Å². The van der Waals surface area contributed by atoms with Crippen LogP contribution in [0.4, 0.5) is 4.79 Å². The highest BCUT2D eigenvalue weighted by atomic mass is 16.6. The average molecular weight is 511 g/mol. The summed E-state index contributed by atoms with van der Waals surface area (Å²) in [5.74, 6) is 1.30. The fraction of sp³-hybridized carbons (Fsp3) is 0.759. The van der Waals surface area contributed by atoms with Crippen molar-refractivity contribution in [3.05, 3.63) is 33.9 Å². The molecule has 6 rings (SSSR count). The second kappa shape index (κ2) is 10.8. The molecular weight excluding hydrogens is 464 g/mol. The highest BCUT2D eigenvalue weighted by molar-refractivity contribution is 5.69. The number of ether oxygens (including phenoxy) is 1. The predicted octanol–water partition coefficient (Wildman–Crippen LogP) is 5.85. The van der Waals surface area contributed by atoms with Crippen LogP contribution in [0.15, 0.2) is 0 Å². The molecule has 37 heavy (non-hydrogen) atoms. The maximum absolute atomic E-state index is 12.5. The van der Waals surface area contributed by atoms with Crippen LogP contribution in [0.5, 0.6) is 0 Å². The monoisotopic (exact) mass is 510 g/mol. The third kappa shape index (κ3) is 5.89. The molecule has 2 atom stereocenters. The summed E-state index contributed by atoms with van der Waals surface area (Å²) in [6, 6.07) is 0.730. The molecule has 0 spiro atoms. The van der Waals surface area contributed by atoms with Crippen LogP contribution in [0.2, 0.25) is 0 Å². The van der Waals surface area contributed by atoms with Gasteiger partial charge in [0, 0.05) is 65.8 Å². The number of carbonyl (C=O) groups is 1. The minimum absolute atomic E-state index is 0.138. The summed E-state index contributed by atoms with van der Waals surface area (Å²) in [7, 11) is 0. The number of aromatic nitrogens is 4. The quantitative estimate of drug-likeness (QED) is 0.471. The van der Waals surface area contributed by atoms with E-state index in [9.17, 15) is 4.79 Å². The van der Waals surface area contributed by atoms with E-state index in [1.54, 1.807) is 0 Å². The molecule has 0 aromatic carbocycles. The molecule has 0 radical (unpaired) electrons. The lowest BCUT2D eigenvalue weighted by Gasteiger charge is -2.35. The third-order valence-corrected chi connectivity index (χ3v) is 8.58. The average Bonchev–Trinajstić information content (AvgIpc) is 3.63. The Morgan fingerprint density at radius 2 is 1.41 bits per heavy atom. The van der Waals surface area contributed by atoms with E-state index in [2.05, 4.69) is 39.6 Å². The van der Waals surface area contributed by atoms with E-state index < -0.39 is 5.60 Å². The molecule has 2 aromatic heterocycles. The van der Waals surface area contributed by atoms with Gasteiger partial charge in [0.1, 0.15) is 5.60 Å². The topological polar surface area (TPSA) is 98.9 Å². The molecular formula is C29H46N6O2. The summed E-state index contributed by atoms with van der Waals surface area (Å²) < 4.78 is 5.56. The molecule has 0 unspecified atom stereocenters. The van der Waals surface area contributed by atoms with Gasteiger partial charge in [-0.2, -0.15) is 10.2 Å². The zero-order chi connectivity index (χ0) is 26.2. The van der Waals surface area contributed by atoms with Crippen molar-refractivity contribution in [2.75, 3.05) is 0 Å². The van der Waals surface area contributed by atoms with Crippen molar-refractivity contribution in [2.45, 2.75) is 141 Å². The Hall–Kier alpha value is -2.35. The molecule has 0 saturated heterocycles. The van der Waals surface area contributed by atoms with Gasteiger partial charge < -0.3 is 15.0 Å². The van der Waals surface area contributed by atoms with E-state index in [0.29, 0.717) is 18.5 Å². The van der Waals surface area contributed by atoms with Gasteiger partial charge in [0.15, 0.2) is 0 Å². The van der Waals surface area contributed by atoms with Crippen LogP contribution in [0.25, 0.3) is 0 Å². The minimum atomic E-state index is -0.457. The summed E-state index contributed by atoms with van der Waals surface area (Å²) in [4.78, 5) is 14.3. The molecule has 2 aliphatic carbocycles. The first-order chi connectivity index (χ1) is 17.7. The molecule has 204 valence electrons. The van der Waals surface area contributed by atoms with E-state index in [0.717, 1.165) is 25.3 Å². The van der Waals surface area contributed by atoms with Gasteiger partial charge in [-0.25, -0.2) is 4.79 Å². The smallest absolute Gasteiger partial charge is 0.410 e. The van der Waals surface area contributed by atoms with Gasteiger partial charge in [0.2, 0.25) is 0 Å². The number of hydrogen-bond acceptors (Lipinski definition) is 5. The minimum Gasteiger partial charge on any atom is -0.444 e. The molecule has 0 bridgehead atoms. The predicted molar refractivity (Wildman–Crippen MR) is 145 cm³/mol. The summed E-state index contributed by atoms with van der Waals surface area (Å²) in [5, 5.41) is 19.1. The van der Waals surface area contributed by atoms with Gasteiger partial charge in [-0.1, -0.05) is 25.7 Å². The first-order valence-corrected chi connectivity index (χ1v) is 14.5. The van der Waals surface area contributed by atoms with Crippen molar-refractivity contribution in [1.82, 2.24) is 30.6 Å². The standard InChI is InChI=1S/C17H27N3O2.C12H19N3/c1-11-9-14-13(10-20(11)16(21)22-17(2,3)4)15(19-18-14)12-7-5-6-8-12;1-8-6-11-10(7-13-8)12(15-14-11)9-4-2-3-5-9/h11-12H,5-10H2,1-4H3,(H,18,19);8-9,13H,2-7H2,1H3,(H,14,15)/t11-;8-/m00/s1. The van der Waals surface area contributed by atoms with Gasteiger partial charge in [0.05, 0.1) is 17.9 Å². The van der Waals surface area contributed by atoms with E-state index >= 15 is 0 Å². The lowest BCUT2D eigenvalue weighted by molar-refractivity contribution is 0.0137. The van der Waals surface area contributed by atoms with E-state index in [1.807, 2.05) is 25.7 Å². The number of H-pyrrole nitrogens is 2. The van der Waals surface area contributed by atoms with Crippen molar-refractivity contribution < 1.29 is 9.53 Å². The Balaban J connectivity index is 0.000000162. The lowest BCUT2D eigenvalue weighted by atomic mass is 9.94. The molecule has 3 N–H and O–H groups in total. The SMILES string of the molecule is C[C@H]1Cc2[nH]nc(C3CCCC3)c2CN1.C[C@H]1Cc2[nH]nc(C3CCCC3)c2CN1C(=O)OC(C)(C)C. The first kappa shape index (κ1) is 26.3. The van der Waals surface area contributed by atoms with Gasteiger partial charge in [-0.3, -0.25) is 10.2 Å². The zero-order valence-electron chi connectivity index (χ0n) is 23.5. The van der Waals surface area contributed by atoms with E-state index in [1.165, 1.54) is 85.3 Å². The van der Waals surface area contributed by atoms with Crippen molar-refractivity contribution in [1.29, 1.82) is 0 Å². The Morgan fingerprint density at radius 1 is 0.865 bits per heavy atom. The van der Waals surface area contributed by atoms with Gasteiger partial charge in [-0.15, -0.1) is 0 Å². The third-order valence-electron chi connectivity index (χ3n) is 8.58. The molecule has 4 aliphatic rings. The molecule has 4 heterocycles. The van der Waals surface area contributed by atoms with Crippen LogP contribution in [-0.4, -0.2) is 49.1 Å². The van der Waals surface area contributed by atoms with Crippen molar-refractivity contribution >= 4 is 6.09 Å². The number of aromatic amines is 2. The second-order valence-corrected chi connectivity index (χ2v) is 12.7. The van der Waals surface area contributed by atoms with Gasteiger partial charge >= 0.3 is 6.09 Å². The highest BCUT2D eigenvalue weighted by Gasteiger charge is 2.35. The normalized spacial score (nSPS) is 24.4. The molecule has 8 heteroatoms. The van der Waals surface area contributed by atoms with Crippen LogP contribution in [0, 0.1) is 0 Å². The lowest BCUT2D eigenvalue weighted by Crippen LogP contribution is -2.45. The Morgan fingerprint density at radius 3 is 1.97 bits per heavy atom. The number of fused-ring (bicyclic) bond motifs is 2. The first-order valence-electron chi connectivity index (χ1n) is 14.5. The fourth-order valence-corrected chi connectivity index (χ4v) is 6.57. The van der Waals surface area contributed by atoms with E-state index in [-0.39, 0.29) is 12.1 Å². The number of rotatable bonds is 2. The van der Waals surface area contributed by atoms with Gasteiger partial charge in [0.25, 0.3) is 0 Å². The molecule has 2 aromatic rings. The maximum Gasteiger partial charge on any atom is 0.410 e. The zero-order valence-corrected chi connectivity index (χ0v) is 23.5. The van der Waals surface area contributed by atoms with Crippen LogP contribution in [0.3, 0.4) is 0 Å². The Kier molecular flexibility index (Phi) is 7.66. The number of nitrogens with zero attached hydrogens (tertiary/aromatic N) is 3. The van der Waals surface area contributed by atoms with Gasteiger partial charge in [-0.05, 0) is 60.3 Å². The van der Waals surface area contributed by atoms with Crippen molar-refractivity contribution in [3.63, 3.8) is 0 Å².